The summed E-state index contributed by atoms with van der Waals surface area (Å²) >= 11 is 11.7. The maximum Gasteiger partial charge on any atom is 0.227 e. The van der Waals surface area contributed by atoms with E-state index in [4.69, 9.17) is 23.2 Å². The molecule has 1 heterocycles. The van der Waals surface area contributed by atoms with E-state index < -0.39 is 9.84 Å². The summed E-state index contributed by atoms with van der Waals surface area (Å²) in [5.41, 5.74) is 1.88. The van der Waals surface area contributed by atoms with E-state index in [2.05, 4.69) is 30.9 Å². The molecule has 5 nitrogen and oxygen atoms in total. The molecule has 1 saturated heterocycles. The van der Waals surface area contributed by atoms with Crippen molar-refractivity contribution in [2.24, 2.45) is 17.3 Å². The molecule has 1 saturated carbocycles. The molecule has 0 N–H and O–H groups in total. The summed E-state index contributed by atoms with van der Waals surface area (Å²) in [5, 5.41) is 0. The van der Waals surface area contributed by atoms with Crippen LogP contribution in [0, 0.1) is 17.3 Å². The number of hydrogen-bond donors (Lipinski definition) is 0. The van der Waals surface area contributed by atoms with Gasteiger partial charge in [0, 0.05) is 31.4 Å². The first kappa shape index (κ1) is 24.4. The van der Waals surface area contributed by atoms with E-state index in [1.807, 2.05) is 26.0 Å². The van der Waals surface area contributed by atoms with Crippen molar-refractivity contribution in [2.45, 2.75) is 46.7 Å². The Balaban J connectivity index is 1.84. The molecule has 0 bridgehead atoms. The molecule has 1 aliphatic carbocycles. The van der Waals surface area contributed by atoms with Crippen molar-refractivity contribution in [3.8, 4) is 0 Å². The van der Waals surface area contributed by atoms with Crippen LogP contribution in [0.5, 0.6) is 0 Å². The van der Waals surface area contributed by atoms with Crippen molar-refractivity contribution in [3.05, 3.63) is 40.4 Å². The Bertz CT molecular complexity index is 936. The van der Waals surface area contributed by atoms with Crippen LogP contribution in [-0.2, 0) is 21.2 Å². The number of anilines is 1. The van der Waals surface area contributed by atoms with E-state index in [0.29, 0.717) is 13.0 Å². The van der Waals surface area contributed by atoms with Gasteiger partial charge in [-0.15, -0.1) is 0 Å². The van der Waals surface area contributed by atoms with Gasteiger partial charge in [-0.05, 0) is 55.4 Å². The Morgan fingerprint density at radius 3 is 2.26 bits per heavy atom. The first-order valence-corrected chi connectivity index (χ1v) is 13.5. The number of hydrogen-bond acceptors (Lipinski definition) is 4. The van der Waals surface area contributed by atoms with Crippen molar-refractivity contribution >= 4 is 44.6 Å². The second-order valence-corrected chi connectivity index (χ2v) is 12.4. The fraction of sp³-hybridized carbons (Fsp3) is 0.609. The largest absolute Gasteiger partial charge is 0.372 e. The van der Waals surface area contributed by atoms with Gasteiger partial charge in [-0.2, -0.15) is 0 Å². The summed E-state index contributed by atoms with van der Waals surface area (Å²) in [4.78, 5) is 17.6. The zero-order valence-electron chi connectivity index (χ0n) is 18.6. The van der Waals surface area contributed by atoms with Gasteiger partial charge in [-0.3, -0.25) is 4.79 Å². The van der Waals surface area contributed by atoms with Crippen LogP contribution in [0.4, 0.5) is 5.69 Å². The molecule has 0 spiro atoms. The Kier molecular flexibility index (Phi) is 7.34. The summed E-state index contributed by atoms with van der Waals surface area (Å²) in [6.45, 7) is 10.5. The SMILES string of the molecule is CCN(CC)c1ccc(CN(C(=O)[C@H]2[C@H](C=C(Cl)Cl)C2(C)C)[C@@H]2CCS(=O)(=O)C2)cc1. The van der Waals surface area contributed by atoms with Gasteiger partial charge in [0.05, 0.1) is 17.4 Å². The van der Waals surface area contributed by atoms with Crippen LogP contribution in [0.1, 0.15) is 39.7 Å². The van der Waals surface area contributed by atoms with Gasteiger partial charge in [0.15, 0.2) is 9.84 Å². The summed E-state index contributed by atoms with van der Waals surface area (Å²) in [5.74, 6) is -0.155. The van der Waals surface area contributed by atoms with Crippen LogP contribution in [0.2, 0.25) is 0 Å². The van der Waals surface area contributed by atoms with Gasteiger partial charge in [-0.1, -0.05) is 49.2 Å². The molecule has 0 aromatic heterocycles. The third-order valence-corrected chi connectivity index (χ3v) is 8.83. The number of carbonyl (C=O) groups is 1. The molecule has 8 heteroatoms. The first-order valence-electron chi connectivity index (χ1n) is 10.9. The molecule has 2 aliphatic rings. The molecular weight excluding hydrogens is 455 g/mol. The third kappa shape index (κ3) is 5.40. The van der Waals surface area contributed by atoms with E-state index in [0.717, 1.165) is 24.3 Å². The van der Waals surface area contributed by atoms with Gasteiger partial charge >= 0.3 is 0 Å². The Morgan fingerprint density at radius 2 is 1.77 bits per heavy atom. The smallest absolute Gasteiger partial charge is 0.227 e. The highest BCUT2D eigenvalue weighted by molar-refractivity contribution is 7.91. The zero-order valence-corrected chi connectivity index (χ0v) is 21.0. The van der Waals surface area contributed by atoms with Gasteiger partial charge < -0.3 is 9.80 Å². The van der Waals surface area contributed by atoms with Crippen molar-refractivity contribution in [2.75, 3.05) is 29.5 Å². The molecule has 3 atom stereocenters. The lowest BCUT2D eigenvalue weighted by Crippen LogP contribution is -2.42. The molecule has 1 amide bonds. The summed E-state index contributed by atoms with van der Waals surface area (Å²) in [6, 6.07) is 7.89. The van der Waals surface area contributed by atoms with Crippen LogP contribution in [0.25, 0.3) is 0 Å². The monoisotopic (exact) mass is 486 g/mol. The number of halogens is 2. The van der Waals surface area contributed by atoms with Crippen LogP contribution in [0.15, 0.2) is 34.8 Å². The number of amides is 1. The molecular formula is C23H32Cl2N2O3S. The number of allylic oxidation sites excluding steroid dienone is 1. The minimum absolute atomic E-state index is 0.0178. The number of carbonyl (C=O) groups excluding carboxylic acids is 1. The van der Waals surface area contributed by atoms with Crippen LogP contribution >= 0.6 is 23.2 Å². The maximum absolute atomic E-state index is 13.6. The normalized spacial score (nSPS) is 25.7. The van der Waals surface area contributed by atoms with E-state index in [-0.39, 0.29) is 45.2 Å². The van der Waals surface area contributed by atoms with Gasteiger partial charge in [0.2, 0.25) is 5.91 Å². The fourth-order valence-corrected chi connectivity index (χ4v) is 6.78. The number of nitrogens with zero attached hydrogens (tertiary/aromatic N) is 2. The Labute approximate surface area is 196 Å². The molecule has 1 aliphatic heterocycles. The quantitative estimate of drug-likeness (QED) is 0.536. The Morgan fingerprint density at radius 1 is 1.16 bits per heavy atom. The van der Waals surface area contributed by atoms with Crippen molar-refractivity contribution in [3.63, 3.8) is 0 Å². The average molecular weight is 487 g/mol. The highest BCUT2D eigenvalue weighted by Crippen LogP contribution is 2.60. The molecule has 172 valence electrons. The predicted molar refractivity (Wildman–Crippen MR) is 128 cm³/mol. The fourth-order valence-electron chi connectivity index (χ4n) is 4.78. The summed E-state index contributed by atoms with van der Waals surface area (Å²) < 4.78 is 24.4. The van der Waals surface area contributed by atoms with Gasteiger partial charge in [0.1, 0.15) is 4.49 Å². The van der Waals surface area contributed by atoms with E-state index in [1.165, 1.54) is 0 Å². The third-order valence-electron chi connectivity index (χ3n) is 6.83. The van der Waals surface area contributed by atoms with E-state index in [9.17, 15) is 13.2 Å². The molecule has 1 aromatic rings. The van der Waals surface area contributed by atoms with Crippen molar-refractivity contribution in [1.29, 1.82) is 0 Å². The molecule has 3 rings (SSSR count). The minimum atomic E-state index is -3.11. The molecule has 1 aromatic carbocycles. The van der Waals surface area contributed by atoms with E-state index in [1.54, 1.807) is 11.0 Å². The lowest BCUT2D eigenvalue weighted by atomic mass is 10.1. The van der Waals surface area contributed by atoms with Gasteiger partial charge in [0.25, 0.3) is 0 Å². The summed E-state index contributed by atoms with van der Waals surface area (Å²) in [6.07, 6.45) is 2.21. The molecule has 31 heavy (non-hydrogen) atoms. The number of rotatable bonds is 8. The van der Waals surface area contributed by atoms with Crippen molar-refractivity contribution < 1.29 is 13.2 Å². The van der Waals surface area contributed by atoms with E-state index >= 15 is 0 Å². The lowest BCUT2D eigenvalue weighted by molar-refractivity contribution is -0.136. The summed E-state index contributed by atoms with van der Waals surface area (Å²) in [7, 11) is -3.11. The lowest BCUT2D eigenvalue weighted by Gasteiger charge is -2.29. The zero-order chi connectivity index (χ0) is 23.0. The highest BCUT2D eigenvalue weighted by Gasteiger charge is 2.62. The Hall–Kier alpha value is -1.24. The van der Waals surface area contributed by atoms with Crippen LogP contribution in [0.3, 0.4) is 0 Å². The molecule has 0 radical (unpaired) electrons. The molecule has 2 fully saturated rings. The van der Waals surface area contributed by atoms with Crippen molar-refractivity contribution in [1.82, 2.24) is 4.90 Å². The standard InChI is InChI=1S/C23H32Cl2N2O3S/c1-5-26(6-2)17-9-7-16(8-10-17)14-27(18-11-12-31(29,30)15-18)22(28)21-19(13-20(24)25)23(21,3)4/h7-10,13,18-19,21H,5-6,11-12,14-15H2,1-4H3/t18-,19+,21-/m1/s1. The first-order chi connectivity index (χ1) is 14.5. The second-order valence-electron chi connectivity index (χ2n) is 9.14. The minimum Gasteiger partial charge on any atom is -0.372 e. The number of benzene rings is 1. The maximum atomic E-state index is 13.6. The predicted octanol–water partition coefficient (Wildman–Crippen LogP) is 4.64. The second kappa shape index (κ2) is 9.32. The highest BCUT2D eigenvalue weighted by atomic mass is 35.5. The number of sulfone groups is 1. The molecule has 0 unspecified atom stereocenters. The van der Waals surface area contributed by atoms with Crippen LogP contribution in [-0.4, -0.2) is 49.9 Å². The van der Waals surface area contributed by atoms with Crippen LogP contribution < -0.4 is 4.90 Å². The topological polar surface area (TPSA) is 57.7 Å². The average Bonchev–Trinajstić information content (AvgIpc) is 3.02. The van der Waals surface area contributed by atoms with Gasteiger partial charge in [-0.25, -0.2) is 8.42 Å².